The lowest BCUT2D eigenvalue weighted by molar-refractivity contribution is -1.13. The standard InChI is InChI=1S/C20H25NO4/c22-14-6-5-13-10-15-20(23)7-1-2-16-19(20,17(13)18(14)25-16)8-9-21(15,24)11-12-3-4-12/h5-6,12,15-16,23-24H,1-4,7-11H2/p+1/t15?,16?,19-,20?,21-/m0/s1. The fourth-order valence-electron chi connectivity index (χ4n) is 6.78. The maximum atomic E-state index is 12.0. The van der Waals surface area contributed by atoms with Crippen LogP contribution in [0.5, 0.6) is 11.5 Å². The van der Waals surface area contributed by atoms with Crippen LogP contribution in [-0.2, 0) is 11.8 Å². The van der Waals surface area contributed by atoms with Gasteiger partial charge in [0.15, 0.2) is 17.5 Å². The number of hydrogen-bond donors (Lipinski definition) is 3. The van der Waals surface area contributed by atoms with Crippen molar-refractivity contribution in [3.63, 3.8) is 0 Å². The number of benzene rings is 1. The SMILES string of the molecule is Oc1ccc2c3c1OC1CCCC4(O)C(C2)[N@@+](O)(CC2CC2)CC[C@@]314. The van der Waals surface area contributed by atoms with Gasteiger partial charge in [0.1, 0.15) is 24.8 Å². The Morgan fingerprint density at radius 2 is 2.04 bits per heavy atom. The lowest BCUT2D eigenvalue weighted by atomic mass is 9.49. The normalized spacial score (nSPS) is 46.5. The van der Waals surface area contributed by atoms with Crippen molar-refractivity contribution in [2.45, 2.75) is 68.1 Å². The van der Waals surface area contributed by atoms with Crippen molar-refractivity contribution in [3.05, 3.63) is 23.3 Å². The molecule has 5 heteroatoms. The predicted molar refractivity (Wildman–Crippen MR) is 89.6 cm³/mol. The van der Waals surface area contributed by atoms with Gasteiger partial charge >= 0.3 is 0 Å². The van der Waals surface area contributed by atoms with E-state index in [0.29, 0.717) is 24.6 Å². The van der Waals surface area contributed by atoms with E-state index in [1.807, 2.05) is 6.07 Å². The van der Waals surface area contributed by atoms with Crippen molar-refractivity contribution in [1.82, 2.24) is 0 Å². The zero-order valence-electron chi connectivity index (χ0n) is 14.4. The molecule has 25 heavy (non-hydrogen) atoms. The van der Waals surface area contributed by atoms with Crippen molar-refractivity contribution < 1.29 is 24.8 Å². The molecule has 2 bridgehead atoms. The molecule has 5 nitrogen and oxygen atoms in total. The number of phenolic OH excluding ortho intramolecular Hbond substituents is 1. The molecular formula is C20H26NO4+. The average molecular weight is 344 g/mol. The molecule has 1 spiro atoms. The van der Waals surface area contributed by atoms with E-state index in [0.717, 1.165) is 43.4 Å². The van der Waals surface area contributed by atoms with Crippen molar-refractivity contribution in [1.29, 1.82) is 0 Å². The second-order valence-corrected chi connectivity index (χ2v) is 9.15. The summed E-state index contributed by atoms with van der Waals surface area (Å²) in [5.41, 5.74) is 0.808. The Morgan fingerprint density at radius 3 is 2.84 bits per heavy atom. The third kappa shape index (κ3) is 1.57. The fourth-order valence-corrected chi connectivity index (χ4v) is 6.78. The van der Waals surface area contributed by atoms with Crippen molar-refractivity contribution in [2.75, 3.05) is 13.1 Å². The molecule has 134 valence electrons. The van der Waals surface area contributed by atoms with Crippen LogP contribution in [0, 0.1) is 5.92 Å². The second-order valence-electron chi connectivity index (χ2n) is 9.15. The number of ether oxygens (including phenoxy) is 1. The number of phenols is 1. The minimum absolute atomic E-state index is 0.0191. The fraction of sp³-hybridized carbons (Fsp3) is 0.700. The Labute approximate surface area is 147 Å². The third-order valence-electron chi connectivity index (χ3n) is 7.99. The molecule has 3 unspecified atom stereocenters. The highest BCUT2D eigenvalue weighted by Crippen LogP contribution is 2.66. The molecule has 6 rings (SSSR count). The first kappa shape index (κ1) is 14.8. The van der Waals surface area contributed by atoms with Crippen LogP contribution >= 0.6 is 0 Å². The van der Waals surface area contributed by atoms with Gasteiger partial charge in [-0.15, -0.1) is 0 Å². The summed E-state index contributed by atoms with van der Waals surface area (Å²) in [6.07, 6.45) is 6.28. The number of rotatable bonds is 2. The van der Waals surface area contributed by atoms with Crippen molar-refractivity contribution in [2.24, 2.45) is 5.92 Å². The Kier molecular flexibility index (Phi) is 2.57. The van der Waals surface area contributed by atoms with Gasteiger partial charge < -0.3 is 14.9 Å². The summed E-state index contributed by atoms with van der Waals surface area (Å²) in [7, 11) is 0. The summed E-state index contributed by atoms with van der Waals surface area (Å²) in [4.78, 5) is 0. The van der Waals surface area contributed by atoms with Gasteiger partial charge in [0.2, 0.25) is 0 Å². The largest absolute Gasteiger partial charge is 0.504 e. The highest BCUT2D eigenvalue weighted by atomic mass is 16.6. The van der Waals surface area contributed by atoms with Crippen molar-refractivity contribution >= 4 is 0 Å². The van der Waals surface area contributed by atoms with Gasteiger partial charge in [-0.25, -0.2) is 5.21 Å². The summed E-state index contributed by atoms with van der Waals surface area (Å²) >= 11 is 0. The van der Waals surface area contributed by atoms with Crippen LogP contribution in [0.15, 0.2) is 12.1 Å². The molecular weight excluding hydrogens is 318 g/mol. The van der Waals surface area contributed by atoms with Crippen LogP contribution < -0.4 is 4.74 Å². The van der Waals surface area contributed by atoms with Crippen LogP contribution in [0.25, 0.3) is 0 Å². The molecule has 1 saturated heterocycles. The molecule has 0 amide bonds. The van der Waals surface area contributed by atoms with Crippen LogP contribution in [0.4, 0.5) is 0 Å². The molecule has 1 aromatic rings. The van der Waals surface area contributed by atoms with Crippen LogP contribution in [0.2, 0.25) is 0 Å². The van der Waals surface area contributed by atoms with E-state index in [-0.39, 0.29) is 22.5 Å². The number of quaternary nitrogens is 1. The van der Waals surface area contributed by atoms with Crippen LogP contribution in [0.1, 0.15) is 49.7 Å². The molecule has 2 aliphatic heterocycles. The quantitative estimate of drug-likeness (QED) is 0.720. The van der Waals surface area contributed by atoms with E-state index < -0.39 is 11.0 Å². The van der Waals surface area contributed by atoms with Gasteiger partial charge in [-0.2, -0.15) is 4.65 Å². The van der Waals surface area contributed by atoms with Gasteiger partial charge in [-0.3, -0.25) is 0 Å². The van der Waals surface area contributed by atoms with E-state index >= 15 is 0 Å². The first-order chi connectivity index (χ1) is 12.0. The van der Waals surface area contributed by atoms with E-state index in [9.17, 15) is 15.4 Å². The third-order valence-corrected chi connectivity index (χ3v) is 7.99. The number of nitrogens with zero attached hydrogens (tertiary/aromatic N) is 1. The minimum atomic E-state index is -0.941. The first-order valence-corrected chi connectivity index (χ1v) is 9.82. The summed E-state index contributed by atoms with van der Waals surface area (Å²) in [5.74, 6) is 1.40. The lowest BCUT2D eigenvalue weighted by Gasteiger charge is -2.62. The van der Waals surface area contributed by atoms with Gasteiger partial charge in [-0.05, 0) is 43.7 Å². The molecule has 5 aliphatic rings. The number of aliphatic hydroxyl groups is 1. The number of hydroxylamine groups is 3. The minimum Gasteiger partial charge on any atom is -0.504 e. The Balaban J connectivity index is 1.58. The summed E-state index contributed by atoms with van der Waals surface area (Å²) in [5, 5.41) is 34.0. The number of hydrogen-bond acceptors (Lipinski definition) is 4. The summed E-state index contributed by atoms with van der Waals surface area (Å²) in [6.45, 7) is 1.45. The van der Waals surface area contributed by atoms with Gasteiger partial charge in [-0.1, -0.05) is 6.07 Å². The van der Waals surface area contributed by atoms with E-state index in [4.69, 9.17) is 4.74 Å². The van der Waals surface area contributed by atoms with Crippen LogP contribution in [-0.4, -0.2) is 50.9 Å². The molecule has 3 N–H and O–H groups in total. The second kappa shape index (κ2) is 4.33. The molecule has 1 aromatic carbocycles. The van der Waals surface area contributed by atoms with E-state index in [1.165, 1.54) is 12.8 Å². The number of aromatic hydroxyl groups is 1. The molecule has 3 aliphatic carbocycles. The Bertz CT molecular complexity index is 777. The smallest absolute Gasteiger partial charge is 0.165 e. The van der Waals surface area contributed by atoms with Crippen molar-refractivity contribution in [3.8, 4) is 11.5 Å². The van der Waals surface area contributed by atoms with E-state index in [1.54, 1.807) is 6.07 Å². The predicted octanol–water partition coefficient (Wildman–Crippen LogP) is 2.25. The van der Waals surface area contributed by atoms with Gasteiger partial charge in [0.05, 0.1) is 5.41 Å². The molecule has 3 fully saturated rings. The van der Waals surface area contributed by atoms with Gasteiger partial charge in [0.25, 0.3) is 0 Å². The highest BCUT2D eigenvalue weighted by molar-refractivity contribution is 5.61. The zero-order chi connectivity index (χ0) is 17.0. The average Bonchev–Trinajstić information content (AvgIpc) is 3.30. The molecule has 5 atom stereocenters. The molecule has 2 heterocycles. The topological polar surface area (TPSA) is 69.9 Å². The molecule has 0 aromatic heterocycles. The van der Waals surface area contributed by atoms with Crippen LogP contribution in [0.3, 0.4) is 0 Å². The number of likely N-dealkylation sites (tertiary alicyclic amines) is 1. The summed E-state index contributed by atoms with van der Waals surface area (Å²) < 4.78 is 6.26. The maximum Gasteiger partial charge on any atom is 0.165 e. The molecule has 0 radical (unpaired) electrons. The summed E-state index contributed by atoms with van der Waals surface area (Å²) in [6, 6.07) is 3.52. The monoisotopic (exact) mass is 344 g/mol. The number of piperidine rings is 1. The Hall–Kier alpha value is -1.30. The van der Waals surface area contributed by atoms with E-state index in [2.05, 4.69) is 0 Å². The Morgan fingerprint density at radius 1 is 1.20 bits per heavy atom. The highest BCUT2D eigenvalue weighted by Gasteiger charge is 2.75. The lowest BCUT2D eigenvalue weighted by Crippen LogP contribution is -2.80. The first-order valence-electron chi connectivity index (χ1n) is 9.82. The zero-order valence-corrected chi connectivity index (χ0v) is 14.4. The maximum absolute atomic E-state index is 12.0. The van der Waals surface area contributed by atoms with Gasteiger partial charge in [0, 0.05) is 24.3 Å². The molecule has 2 saturated carbocycles.